The van der Waals surface area contributed by atoms with Crippen molar-refractivity contribution in [2.45, 2.75) is 6.54 Å². The molecule has 0 unspecified atom stereocenters. The molecule has 2 aliphatic heterocycles. The maximum atomic E-state index is 13.2. The second-order valence-corrected chi connectivity index (χ2v) is 7.25. The van der Waals surface area contributed by atoms with Gasteiger partial charge in [0.2, 0.25) is 6.79 Å². The van der Waals surface area contributed by atoms with Crippen LogP contribution >= 0.6 is 11.6 Å². The molecule has 8 nitrogen and oxygen atoms in total. The molecular formula is C19H23ClN4O4. The molecule has 1 saturated heterocycles. The van der Waals surface area contributed by atoms with Gasteiger partial charge in [0.15, 0.2) is 11.5 Å². The molecule has 1 amide bonds. The minimum Gasteiger partial charge on any atom is -0.454 e. The van der Waals surface area contributed by atoms with Gasteiger partial charge >= 0.3 is 0 Å². The predicted octanol–water partition coefficient (Wildman–Crippen LogP) is 1.78. The van der Waals surface area contributed by atoms with E-state index in [-0.39, 0.29) is 12.7 Å². The highest BCUT2D eigenvalue weighted by molar-refractivity contribution is 6.31. The van der Waals surface area contributed by atoms with Gasteiger partial charge in [-0.1, -0.05) is 11.6 Å². The molecular weight excluding hydrogens is 384 g/mol. The van der Waals surface area contributed by atoms with Crippen molar-refractivity contribution in [3.05, 3.63) is 40.7 Å². The quantitative estimate of drug-likeness (QED) is 0.728. The summed E-state index contributed by atoms with van der Waals surface area (Å²) in [6, 6.07) is 5.26. The summed E-state index contributed by atoms with van der Waals surface area (Å²) in [7, 11) is 1.81. The molecule has 28 heavy (non-hydrogen) atoms. The van der Waals surface area contributed by atoms with E-state index in [2.05, 4.69) is 10.00 Å². The van der Waals surface area contributed by atoms with Gasteiger partial charge in [0, 0.05) is 45.0 Å². The molecule has 3 heterocycles. The molecule has 1 fully saturated rings. The van der Waals surface area contributed by atoms with Crippen LogP contribution in [0.2, 0.25) is 5.02 Å². The highest BCUT2D eigenvalue weighted by atomic mass is 35.5. The first-order valence-corrected chi connectivity index (χ1v) is 9.65. The van der Waals surface area contributed by atoms with Crippen molar-refractivity contribution in [1.82, 2.24) is 19.6 Å². The van der Waals surface area contributed by atoms with Crippen LogP contribution in [0.15, 0.2) is 24.4 Å². The molecule has 4 rings (SSSR count). The minimum absolute atomic E-state index is 0.0896. The SMILES string of the molecule is Cn1cc(Cl)c(CN(CCN2CCOCC2)C(=O)c2ccc3c(c2)OCO3)n1. The molecule has 0 aliphatic carbocycles. The van der Waals surface area contributed by atoms with E-state index in [1.54, 1.807) is 34.0 Å². The highest BCUT2D eigenvalue weighted by Crippen LogP contribution is 2.33. The summed E-state index contributed by atoms with van der Waals surface area (Å²) in [6.45, 7) is 5.05. The number of rotatable bonds is 6. The van der Waals surface area contributed by atoms with Crippen LogP contribution in [0.1, 0.15) is 16.1 Å². The van der Waals surface area contributed by atoms with Gasteiger partial charge in [-0.3, -0.25) is 14.4 Å². The van der Waals surface area contributed by atoms with Crippen LogP contribution in [0.25, 0.3) is 0 Å². The lowest BCUT2D eigenvalue weighted by atomic mass is 10.1. The first-order valence-electron chi connectivity index (χ1n) is 9.27. The van der Waals surface area contributed by atoms with Crippen molar-refractivity contribution >= 4 is 17.5 Å². The topological polar surface area (TPSA) is 69.1 Å². The number of carbonyl (C=O) groups is 1. The van der Waals surface area contributed by atoms with Crippen LogP contribution in [0.5, 0.6) is 11.5 Å². The van der Waals surface area contributed by atoms with Crippen molar-refractivity contribution in [2.24, 2.45) is 7.05 Å². The summed E-state index contributed by atoms with van der Waals surface area (Å²) in [5.74, 6) is 1.16. The second-order valence-electron chi connectivity index (χ2n) is 6.85. The van der Waals surface area contributed by atoms with Crippen LogP contribution in [-0.2, 0) is 18.3 Å². The Bertz CT molecular complexity index is 850. The number of fused-ring (bicyclic) bond motifs is 1. The molecule has 0 saturated carbocycles. The molecule has 0 atom stereocenters. The molecule has 2 aromatic rings. The van der Waals surface area contributed by atoms with Gasteiger partial charge in [-0.2, -0.15) is 5.10 Å². The fraction of sp³-hybridized carbons (Fsp3) is 0.474. The Morgan fingerprint density at radius 1 is 1.25 bits per heavy atom. The van der Waals surface area contributed by atoms with Crippen LogP contribution < -0.4 is 9.47 Å². The van der Waals surface area contributed by atoms with Crippen molar-refractivity contribution in [1.29, 1.82) is 0 Å². The number of hydrogen-bond acceptors (Lipinski definition) is 6. The molecule has 9 heteroatoms. The van der Waals surface area contributed by atoms with E-state index in [0.29, 0.717) is 40.9 Å². The number of halogens is 1. The Hall–Kier alpha value is -2.29. The summed E-state index contributed by atoms with van der Waals surface area (Å²) in [5, 5.41) is 4.94. The van der Waals surface area contributed by atoms with Crippen LogP contribution in [0, 0.1) is 0 Å². The van der Waals surface area contributed by atoms with E-state index in [0.717, 1.165) is 32.8 Å². The number of nitrogens with zero attached hydrogens (tertiary/aromatic N) is 4. The third-order valence-electron chi connectivity index (χ3n) is 4.89. The fourth-order valence-corrected chi connectivity index (χ4v) is 3.58. The minimum atomic E-state index is -0.0896. The van der Waals surface area contributed by atoms with E-state index in [1.807, 2.05) is 7.05 Å². The highest BCUT2D eigenvalue weighted by Gasteiger charge is 2.23. The summed E-state index contributed by atoms with van der Waals surface area (Å²) in [5.41, 5.74) is 1.23. The largest absolute Gasteiger partial charge is 0.454 e. The van der Waals surface area contributed by atoms with Gasteiger partial charge in [-0.25, -0.2) is 0 Å². The van der Waals surface area contributed by atoms with Gasteiger partial charge in [0.1, 0.15) is 5.69 Å². The third-order valence-corrected chi connectivity index (χ3v) is 5.21. The van der Waals surface area contributed by atoms with Gasteiger partial charge in [0.05, 0.1) is 24.8 Å². The number of hydrogen-bond donors (Lipinski definition) is 0. The van der Waals surface area contributed by atoms with E-state index in [9.17, 15) is 4.79 Å². The molecule has 2 aliphatic rings. The molecule has 1 aromatic heterocycles. The first-order chi connectivity index (χ1) is 13.6. The monoisotopic (exact) mass is 406 g/mol. The van der Waals surface area contributed by atoms with Crippen molar-refractivity contribution in [2.75, 3.05) is 46.2 Å². The van der Waals surface area contributed by atoms with E-state index in [1.165, 1.54) is 0 Å². The Kier molecular flexibility index (Phi) is 5.70. The Morgan fingerprint density at radius 3 is 2.79 bits per heavy atom. The van der Waals surface area contributed by atoms with E-state index in [4.69, 9.17) is 25.8 Å². The lowest BCUT2D eigenvalue weighted by Gasteiger charge is -2.30. The summed E-state index contributed by atoms with van der Waals surface area (Å²) < 4.78 is 17.8. The average Bonchev–Trinajstić information content (AvgIpc) is 3.30. The molecule has 1 aromatic carbocycles. The van der Waals surface area contributed by atoms with E-state index < -0.39 is 0 Å². The van der Waals surface area contributed by atoms with Gasteiger partial charge in [0.25, 0.3) is 5.91 Å². The number of aryl methyl sites for hydroxylation is 1. The third kappa shape index (κ3) is 4.24. The van der Waals surface area contributed by atoms with Crippen molar-refractivity contribution in [3.63, 3.8) is 0 Å². The molecule has 0 radical (unpaired) electrons. The lowest BCUT2D eigenvalue weighted by molar-refractivity contribution is 0.0319. The normalized spacial score (nSPS) is 16.4. The second kappa shape index (κ2) is 8.38. The number of aromatic nitrogens is 2. The predicted molar refractivity (Wildman–Crippen MR) is 103 cm³/mol. The maximum Gasteiger partial charge on any atom is 0.254 e. The van der Waals surface area contributed by atoms with E-state index >= 15 is 0 Å². The molecule has 0 bridgehead atoms. The van der Waals surface area contributed by atoms with Crippen molar-refractivity contribution in [3.8, 4) is 11.5 Å². The van der Waals surface area contributed by atoms with Crippen LogP contribution in [-0.4, -0.2) is 71.7 Å². The fourth-order valence-electron chi connectivity index (χ4n) is 3.34. The smallest absolute Gasteiger partial charge is 0.254 e. The Balaban J connectivity index is 1.52. The number of amides is 1. The number of carbonyl (C=O) groups excluding carboxylic acids is 1. The maximum absolute atomic E-state index is 13.2. The summed E-state index contributed by atoms with van der Waals surface area (Å²) in [6.07, 6.45) is 1.74. The van der Waals surface area contributed by atoms with Crippen LogP contribution in [0.4, 0.5) is 0 Å². The molecule has 150 valence electrons. The van der Waals surface area contributed by atoms with Gasteiger partial charge in [-0.05, 0) is 18.2 Å². The first kappa shape index (κ1) is 19.0. The summed E-state index contributed by atoms with van der Waals surface area (Å²) >= 11 is 6.28. The molecule has 0 spiro atoms. The number of morpholine rings is 1. The Labute approximate surface area is 168 Å². The Morgan fingerprint density at radius 2 is 2.04 bits per heavy atom. The molecule has 0 N–H and O–H groups in total. The zero-order valence-electron chi connectivity index (χ0n) is 15.8. The summed E-state index contributed by atoms with van der Waals surface area (Å²) in [4.78, 5) is 17.3. The zero-order valence-corrected chi connectivity index (χ0v) is 16.5. The van der Waals surface area contributed by atoms with Gasteiger partial charge in [-0.15, -0.1) is 0 Å². The number of ether oxygens (including phenoxy) is 3. The standard InChI is InChI=1S/C19H23ClN4O4/c1-22-11-15(20)16(21-22)12-24(5-4-23-6-8-26-9-7-23)19(25)14-2-3-17-18(10-14)28-13-27-17/h2-3,10-11H,4-9,12-13H2,1H3. The van der Waals surface area contributed by atoms with Gasteiger partial charge < -0.3 is 19.1 Å². The van der Waals surface area contributed by atoms with Crippen molar-refractivity contribution < 1.29 is 19.0 Å². The number of benzene rings is 1. The zero-order chi connectivity index (χ0) is 19.5. The lowest BCUT2D eigenvalue weighted by Crippen LogP contribution is -2.43. The average molecular weight is 407 g/mol. The van der Waals surface area contributed by atoms with Crippen LogP contribution in [0.3, 0.4) is 0 Å².